The number of methoxy groups -OCH3 is 1. The molecule has 1 heterocycles. The highest BCUT2D eigenvalue weighted by Gasteiger charge is 2.14. The molecule has 1 aromatic heterocycles. The lowest BCUT2D eigenvalue weighted by molar-refractivity contribution is 0.0939. The van der Waals surface area contributed by atoms with Crippen molar-refractivity contribution in [1.29, 1.82) is 0 Å². The first-order valence-corrected chi connectivity index (χ1v) is 9.13. The van der Waals surface area contributed by atoms with Crippen molar-refractivity contribution < 1.29 is 9.53 Å². The van der Waals surface area contributed by atoms with E-state index in [1.165, 1.54) is 0 Å². The van der Waals surface area contributed by atoms with Gasteiger partial charge in [0, 0.05) is 17.3 Å². The quantitative estimate of drug-likeness (QED) is 0.675. The normalized spacial score (nSPS) is 11.1. The van der Waals surface area contributed by atoms with Crippen LogP contribution >= 0.6 is 0 Å². The third-order valence-corrected chi connectivity index (χ3v) is 4.24. The van der Waals surface area contributed by atoms with Crippen LogP contribution in [0.3, 0.4) is 0 Å². The van der Waals surface area contributed by atoms with Gasteiger partial charge in [0.15, 0.2) is 0 Å². The van der Waals surface area contributed by atoms with Gasteiger partial charge in [-0.1, -0.05) is 38.1 Å². The molecule has 0 unspecified atom stereocenters. The zero-order valence-electron chi connectivity index (χ0n) is 16.5. The largest absolute Gasteiger partial charge is 0.497 e. The van der Waals surface area contributed by atoms with Crippen LogP contribution in [0.4, 0.5) is 0 Å². The molecule has 5 nitrogen and oxygen atoms in total. The highest BCUT2D eigenvalue weighted by Crippen LogP contribution is 2.23. The van der Waals surface area contributed by atoms with E-state index < -0.39 is 0 Å². The van der Waals surface area contributed by atoms with Gasteiger partial charge in [-0.2, -0.15) is 5.10 Å². The molecule has 3 aromatic rings. The molecule has 0 bridgehead atoms. The van der Waals surface area contributed by atoms with Crippen molar-refractivity contribution in [2.45, 2.75) is 33.7 Å². The highest BCUT2D eigenvalue weighted by molar-refractivity contribution is 5.96. The van der Waals surface area contributed by atoms with E-state index in [2.05, 4.69) is 15.5 Å². The number of hydrogen-bond acceptors (Lipinski definition) is 3. The average molecular weight is 365 g/mol. The summed E-state index contributed by atoms with van der Waals surface area (Å²) in [4.78, 5) is 12.6. The molecule has 2 aromatic carbocycles. The van der Waals surface area contributed by atoms with Gasteiger partial charge < -0.3 is 10.1 Å². The second-order valence-corrected chi connectivity index (χ2v) is 5.99. The Balaban J connectivity index is 0.00000126. The second kappa shape index (κ2) is 9.57. The van der Waals surface area contributed by atoms with Crippen LogP contribution in [0, 0.1) is 6.92 Å². The monoisotopic (exact) mass is 365 g/mol. The SMILES string of the molecule is CC.COc1cccc([C@@H](C)NC(=O)c2ccc(-c3cn[nH]c3)cc2C)c1. The van der Waals surface area contributed by atoms with E-state index in [4.69, 9.17) is 4.74 Å². The number of H-pyrrole nitrogens is 1. The molecule has 0 radical (unpaired) electrons. The summed E-state index contributed by atoms with van der Waals surface area (Å²) in [5.74, 6) is 0.686. The number of carbonyl (C=O) groups is 1. The lowest BCUT2D eigenvalue weighted by Gasteiger charge is -2.16. The van der Waals surface area contributed by atoms with Gasteiger partial charge in [-0.3, -0.25) is 9.89 Å². The van der Waals surface area contributed by atoms with Crippen LogP contribution in [0.2, 0.25) is 0 Å². The van der Waals surface area contributed by atoms with Crippen molar-refractivity contribution in [2.24, 2.45) is 0 Å². The number of rotatable bonds is 5. The number of nitrogens with zero attached hydrogens (tertiary/aromatic N) is 1. The molecular formula is C22H27N3O2. The van der Waals surface area contributed by atoms with Crippen molar-refractivity contribution in [3.8, 4) is 16.9 Å². The fourth-order valence-corrected chi connectivity index (χ4v) is 2.78. The number of hydrogen-bond donors (Lipinski definition) is 2. The standard InChI is InChI=1S/C20H21N3O2.C2H6/c1-13-9-16(17-11-21-22-12-17)7-8-19(13)20(24)23-14(2)15-5-4-6-18(10-15)25-3;1-2/h4-12,14H,1-3H3,(H,21,22)(H,23,24);1-2H3/t14-;/m1./s1. The minimum atomic E-state index is -0.115. The molecule has 0 saturated carbocycles. The third kappa shape index (κ3) is 4.97. The van der Waals surface area contributed by atoms with Gasteiger partial charge in [0.1, 0.15) is 5.75 Å². The molecule has 0 aliphatic carbocycles. The van der Waals surface area contributed by atoms with Crippen LogP contribution < -0.4 is 10.1 Å². The maximum atomic E-state index is 12.6. The number of aromatic nitrogens is 2. The number of nitrogens with one attached hydrogen (secondary N) is 2. The summed E-state index contributed by atoms with van der Waals surface area (Å²) in [5.41, 5.74) is 4.62. The first-order valence-electron chi connectivity index (χ1n) is 9.13. The van der Waals surface area contributed by atoms with E-state index in [0.717, 1.165) is 28.0 Å². The van der Waals surface area contributed by atoms with E-state index in [1.807, 2.05) is 76.4 Å². The minimum absolute atomic E-state index is 0.0911. The van der Waals surface area contributed by atoms with E-state index in [0.29, 0.717) is 5.56 Å². The van der Waals surface area contributed by atoms with Crippen LogP contribution in [0.1, 0.15) is 48.3 Å². The Kier molecular flexibility index (Phi) is 7.17. The first-order chi connectivity index (χ1) is 13.1. The summed E-state index contributed by atoms with van der Waals surface area (Å²) in [6.07, 6.45) is 3.60. The molecule has 5 heteroatoms. The summed E-state index contributed by atoms with van der Waals surface area (Å²) in [5, 5.41) is 9.80. The van der Waals surface area contributed by atoms with Crippen molar-refractivity contribution in [2.75, 3.05) is 7.11 Å². The summed E-state index contributed by atoms with van der Waals surface area (Å²) in [6.45, 7) is 7.90. The summed E-state index contributed by atoms with van der Waals surface area (Å²) < 4.78 is 5.24. The molecule has 2 N–H and O–H groups in total. The van der Waals surface area contributed by atoms with Gasteiger partial charge >= 0.3 is 0 Å². The Morgan fingerprint density at radius 3 is 2.56 bits per heavy atom. The zero-order chi connectivity index (χ0) is 19.8. The predicted octanol–water partition coefficient (Wildman–Crippen LogP) is 4.91. The number of carbonyl (C=O) groups excluding carboxylic acids is 1. The lowest BCUT2D eigenvalue weighted by Crippen LogP contribution is -2.27. The maximum absolute atomic E-state index is 12.6. The molecule has 3 rings (SSSR count). The number of ether oxygens (including phenoxy) is 1. The molecule has 0 fully saturated rings. The van der Waals surface area contributed by atoms with Crippen molar-refractivity contribution >= 4 is 5.91 Å². The van der Waals surface area contributed by atoms with Gasteiger partial charge in [0.05, 0.1) is 19.3 Å². The molecule has 1 atom stereocenters. The van der Waals surface area contributed by atoms with Crippen LogP contribution in [0.5, 0.6) is 5.75 Å². The summed E-state index contributed by atoms with van der Waals surface area (Å²) in [6, 6.07) is 13.4. The predicted molar refractivity (Wildman–Crippen MR) is 109 cm³/mol. The van der Waals surface area contributed by atoms with Crippen LogP contribution in [-0.2, 0) is 0 Å². The Hall–Kier alpha value is -3.08. The molecule has 0 aliphatic heterocycles. The smallest absolute Gasteiger partial charge is 0.252 e. The highest BCUT2D eigenvalue weighted by atomic mass is 16.5. The fourth-order valence-electron chi connectivity index (χ4n) is 2.78. The van der Waals surface area contributed by atoms with Crippen LogP contribution in [0.15, 0.2) is 54.9 Å². The lowest BCUT2D eigenvalue weighted by atomic mass is 10.0. The van der Waals surface area contributed by atoms with Gasteiger partial charge in [0.25, 0.3) is 5.91 Å². The Morgan fingerprint density at radius 2 is 1.93 bits per heavy atom. The molecule has 27 heavy (non-hydrogen) atoms. The van der Waals surface area contributed by atoms with Gasteiger partial charge in [0.2, 0.25) is 0 Å². The number of amides is 1. The second-order valence-electron chi connectivity index (χ2n) is 5.99. The van der Waals surface area contributed by atoms with E-state index in [-0.39, 0.29) is 11.9 Å². The van der Waals surface area contributed by atoms with Crippen molar-refractivity contribution in [3.63, 3.8) is 0 Å². The van der Waals surface area contributed by atoms with Crippen molar-refractivity contribution in [3.05, 3.63) is 71.5 Å². The van der Waals surface area contributed by atoms with E-state index in [1.54, 1.807) is 13.3 Å². The fraction of sp³-hybridized carbons (Fsp3) is 0.273. The average Bonchev–Trinajstić information content (AvgIpc) is 3.24. The summed E-state index contributed by atoms with van der Waals surface area (Å²) in [7, 11) is 1.63. The van der Waals surface area contributed by atoms with Gasteiger partial charge in [-0.15, -0.1) is 0 Å². The Bertz CT molecular complexity index is 873. The van der Waals surface area contributed by atoms with E-state index in [9.17, 15) is 4.79 Å². The zero-order valence-corrected chi connectivity index (χ0v) is 16.5. The maximum Gasteiger partial charge on any atom is 0.252 e. The topological polar surface area (TPSA) is 67.0 Å². The molecule has 1 amide bonds. The molecule has 142 valence electrons. The molecule has 0 aliphatic rings. The third-order valence-electron chi connectivity index (χ3n) is 4.24. The van der Waals surface area contributed by atoms with Crippen LogP contribution in [-0.4, -0.2) is 23.2 Å². The molecule has 0 spiro atoms. The van der Waals surface area contributed by atoms with E-state index >= 15 is 0 Å². The summed E-state index contributed by atoms with van der Waals surface area (Å²) >= 11 is 0. The van der Waals surface area contributed by atoms with Crippen LogP contribution in [0.25, 0.3) is 11.1 Å². The van der Waals surface area contributed by atoms with Gasteiger partial charge in [-0.05, 0) is 48.7 Å². The number of aryl methyl sites for hydroxylation is 1. The Morgan fingerprint density at radius 1 is 1.15 bits per heavy atom. The minimum Gasteiger partial charge on any atom is -0.497 e. The van der Waals surface area contributed by atoms with Crippen molar-refractivity contribution in [1.82, 2.24) is 15.5 Å². The first kappa shape index (κ1) is 20.2. The van der Waals surface area contributed by atoms with Gasteiger partial charge in [-0.25, -0.2) is 0 Å². The number of aromatic amines is 1. The Labute approximate surface area is 160 Å². The number of benzene rings is 2. The molecule has 0 saturated heterocycles. The molecular weight excluding hydrogens is 338 g/mol.